The molecule has 0 unspecified atom stereocenters. The van der Waals surface area contributed by atoms with E-state index in [9.17, 15) is 4.79 Å². The summed E-state index contributed by atoms with van der Waals surface area (Å²) in [7, 11) is 5.34. The first-order valence-corrected chi connectivity index (χ1v) is 4.65. The molecular weight excluding hydrogens is 190 g/mol. The first-order chi connectivity index (χ1) is 7.09. The van der Waals surface area contributed by atoms with Gasteiger partial charge in [-0.1, -0.05) is 0 Å². The molecule has 0 aliphatic rings. The molecule has 0 fully saturated rings. The summed E-state index contributed by atoms with van der Waals surface area (Å²) < 4.78 is 1.80. The molecule has 1 radical (unpaired) electrons. The Hall–Kier alpha value is -1.84. The van der Waals surface area contributed by atoms with E-state index in [4.69, 9.17) is 0 Å². The van der Waals surface area contributed by atoms with E-state index in [-0.39, 0.29) is 5.91 Å². The van der Waals surface area contributed by atoms with Crippen LogP contribution in [0.25, 0.3) is 11.0 Å². The summed E-state index contributed by atoms with van der Waals surface area (Å²) in [5, 5.41) is 0. The molecule has 15 heavy (non-hydrogen) atoms. The monoisotopic (exact) mass is 202 g/mol. The lowest BCUT2D eigenvalue weighted by molar-refractivity contribution is 0.0828. The maximum absolute atomic E-state index is 11.7. The molecule has 0 saturated carbocycles. The minimum atomic E-state index is -0.0115. The van der Waals surface area contributed by atoms with Gasteiger partial charge in [0.25, 0.3) is 5.91 Å². The average Bonchev–Trinajstić information content (AvgIpc) is 2.59. The number of carbonyl (C=O) groups is 1. The van der Waals surface area contributed by atoms with Crippen molar-refractivity contribution < 1.29 is 4.79 Å². The highest BCUT2D eigenvalue weighted by Crippen LogP contribution is 2.14. The van der Waals surface area contributed by atoms with E-state index in [2.05, 4.69) is 11.3 Å². The van der Waals surface area contributed by atoms with Crippen LogP contribution in [0.1, 0.15) is 10.4 Å². The average molecular weight is 202 g/mol. The van der Waals surface area contributed by atoms with Gasteiger partial charge in [0.15, 0.2) is 6.33 Å². The second-order valence-electron chi connectivity index (χ2n) is 3.67. The molecule has 1 amide bonds. The molecule has 0 spiro atoms. The van der Waals surface area contributed by atoms with E-state index in [1.807, 2.05) is 13.1 Å². The molecule has 0 saturated heterocycles. The van der Waals surface area contributed by atoms with Crippen molar-refractivity contribution in [2.24, 2.45) is 7.05 Å². The first-order valence-electron chi connectivity index (χ1n) is 4.65. The van der Waals surface area contributed by atoms with E-state index in [1.165, 1.54) is 0 Å². The van der Waals surface area contributed by atoms with E-state index in [0.717, 1.165) is 11.0 Å². The molecule has 1 aromatic carbocycles. The normalized spacial score (nSPS) is 10.6. The number of fused-ring (bicyclic) bond motifs is 1. The lowest BCUT2D eigenvalue weighted by Crippen LogP contribution is -2.21. The molecule has 4 heteroatoms. The first kappa shape index (κ1) is 9.71. The third-order valence-corrected chi connectivity index (χ3v) is 2.31. The van der Waals surface area contributed by atoms with Gasteiger partial charge in [0, 0.05) is 26.7 Å². The highest BCUT2D eigenvalue weighted by atomic mass is 16.2. The summed E-state index contributed by atoms with van der Waals surface area (Å²) in [6.07, 6.45) is 2.81. The minimum Gasteiger partial charge on any atom is -0.345 e. The van der Waals surface area contributed by atoms with Crippen LogP contribution >= 0.6 is 0 Å². The molecule has 4 nitrogen and oxygen atoms in total. The Labute approximate surface area is 88.1 Å². The quantitative estimate of drug-likeness (QED) is 0.694. The predicted octanol–water partition coefficient (Wildman–Crippen LogP) is 1.08. The van der Waals surface area contributed by atoms with Crippen LogP contribution in [0.3, 0.4) is 0 Å². The SMILES string of the molecule is CN(C)C(=O)c1ccc2c(c1)n[c]n2C. The van der Waals surface area contributed by atoms with Crippen LogP contribution in [0.15, 0.2) is 18.2 Å². The Balaban J connectivity index is 2.52. The van der Waals surface area contributed by atoms with Crippen LogP contribution in [-0.4, -0.2) is 34.5 Å². The Morgan fingerprint density at radius 1 is 1.47 bits per heavy atom. The largest absolute Gasteiger partial charge is 0.345 e. The van der Waals surface area contributed by atoms with Crippen LogP contribution in [0.5, 0.6) is 0 Å². The van der Waals surface area contributed by atoms with Crippen molar-refractivity contribution in [3.05, 3.63) is 30.1 Å². The van der Waals surface area contributed by atoms with Gasteiger partial charge >= 0.3 is 0 Å². The molecule has 0 bridgehead atoms. The van der Waals surface area contributed by atoms with Crippen LogP contribution < -0.4 is 0 Å². The van der Waals surface area contributed by atoms with Crippen molar-refractivity contribution in [1.29, 1.82) is 0 Å². The molecule has 0 aliphatic heterocycles. The van der Waals surface area contributed by atoms with Gasteiger partial charge in [0.1, 0.15) is 0 Å². The zero-order valence-electron chi connectivity index (χ0n) is 8.98. The number of nitrogens with zero attached hydrogens (tertiary/aromatic N) is 3. The van der Waals surface area contributed by atoms with Gasteiger partial charge in [-0.25, -0.2) is 4.98 Å². The highest BCUT2D eigenvalue weighted by Gasteiger charge is 2.09. The van der Waals surface area contributed by atoms with Crippen LogP contribution in [-0.2, 0) is 7.05 Å². The number of rotatable bonds is 1. The summed E-state index contributed by atoms with van der Waals surface area (Å²) >= 11 is 0. The zero-order valence-corrected chi connectivity index (χ0v) is 8.98. The molecular formula is C11H12N3O. The topological polar surface area (TPSA) is 38.1 Å². The Kier molecular flexibility index (Phi) is 2.19. The summed E-state index contributed by atoms with van der Waals surface area (Å²) in [6, 6.07) is 5.48. The van der Waals surface area contributed by atoms with E-state index in [0.29, 0.717) is 5.56 Å². The van der Waals surface area contributed by atoms with Gasteiger partial charge < -0.3 is 9.47 Å². The minimum absolute atomic E-state index is 0.0115. The van der Waals surface area contributed by atoms with Crippen molar-refractivity contribution >= 4 is 16.9 Å². The van der Waals surface area contributed by atoms with Crippen LogP contribution in [0.2, 0.25) is 0 Å². The Morgan fingerprint density at radius 3 is 2.87 bits per heavy atom. The number of aromatic nitrogens is 2. The number of benzene rings is 1. The lowest BCUT2D eigenvalue weighted by Gasteiger charge is -2.09. The third kappa shape index (κ3) is 1.58. The highest BCUT2D eigenvalue weighted by molar-refractivity contribution is 5.97. The van der Waals surface area contributed by atoms with E-state index in [1.54, 1.807) is 35.7 Å². The molecule has 77 valence electrons. The Morgan fingerprint density at radius 2 is 2.20 bits per heavy atom. The van der Waals surface area contributed by atoms with Gasteiger partial charge in [-0.05, 0) is 18.2 Å². The van der Waals surface area contributed by atoms with Gasteiger partial charge in [-0.2, -0.15) is 0 Å². The fourth-order valence-electron chi connectivity index (χ4n) is 1.47. The maximum atomic E-state index is 11.7. The van der Waals surface area contributed by atoms with Crippen LogP contribution in [0.4, 0.5) is 0 Å². The van der Waals surface area contributed by atoms with Gasteiger partial charge in [-0.3, -0.25) is 4.79 Å². The summed E-state index contributed by atoms with van der Waals surface area (Å²) in [5.41, 5.74) is 2.43. The van der Waals surface area contributed by atoms with Crippen molar-refractivity contribution in [1.82, 2.24) is 14.5 Å². The number of amides is 1. The van der Waals surface area contributed by atoms with Gasteiger partial charge in [0.2, 0.25) is 0 Å². The van der Waals surface area contributed by atoms with E-state index >= 15 is 0 Å². The molecule has 0 N–H and O–H groups in total. The fraction of sp³-hybridized carbons (Fsp3) is 0.273. The third-order valence-electron chi connectivity index (χ3n) is 2.31. The number of carbonyl (C=O) groups excluding carboxylic acids is 1. The molecule has 0 atom stereocenters. The van der Waals surface area contributed by atoms with Gasteiger partial charge in [-0.15, -0.1) is 0 Å². The second kappa shape index (κ2) is 3.38. The second-order valence-corrected chi connectivity index (χ2v) is 3.67. The van der Waals surface area contributed by atoms with Crippen molar-refractivity contribution in [2.45, 2.75) is 0 Å². The smallest absolute Gasteiger partial charge is 0.253 e. The van der Waals surface area contributed by atoms with Crippen molar-refractivity contribution in [3.8, 4) is 0 Å². The molecule has 2 aromatic rings. The lowest BCUT2D eigenvalue weighted by atomic mass is 10.2. The fourth-order valence-corrected chi connectivity index (χ4v) is 1.47. The van der Waals surface area contributed by atoms with Gasteiger partial charge in [0.05, 0.1) is 11.0 Å². The summed E-state index contributed by atoms with van der Waals surface area (Å²) in [6.45, 7) is 0. The Bertz CT molecular complexity index is 514. The number of hydrogen-bond donors (Lipinski definition) is 0. The molecule has 1 heterocycles. The maximum Gasteiger partial charge on any atom is 0.253 e. The van der Waals surface area contributed by atoms with Crippen molar-refractivity contribution in [3.63, 3.8) is 0 Å². The van der Waals surface area contributed by atoms with Crippen LogP contribution in [0, 0.1) is 6.33 Å². The number of imidazole rings is 1. The number of hydrogen-bond acceptors (Lipinski definition) is 2. The molecule has 2 rings (SSSR count). The summed E-state index contributed by atoms with van der Waals surface area (Å²) in [5.74, 6) is -0.0115. The number of aryl methyl sites for hydroxylation is 1. The molecule has 0 aliphatic carbocycles. The predicted molar refractivity (Wildman–Crippen MR) is 57.6 cm³/mol. The van der Waals surface area contributed by atoms with E-state index < -0.39 is 0 Å². The standard InChI is InChI=1S/C11H12N3O/c1-13(2)11(15)8-4-5-10-9(6-8)12-7-14(10)3/h4-6H,1-3H3. The zero-order chi connectivity index (χ0) is 11.0. The summed E-state index contributed by atoms with van der Waals surface area (Å²) in [4.78, 5) is 17.3. The molecule has 1 aromatic heterocycles. The van der Waals surface area contributed by atoms with Crippen molar-refractivity contribution in [2.75, 3.05) is 14.1 Å².